The second-order valence-electron chi connectivity index (χ2n) is 8.08. The van der Waals surface area contributed by atoms with Gasteiger partial charge in [-0.2, -0.15) is 17.2 Å². The van der Waals surface area contributed by atoms with Gasteiger partial charge in [0.2, 0.25) is 12.2 Å². The SMILES string of the molecule is COC([NH-])=O.COC([NH-])=O.O=[C-]Pc1ncc(-c2ccc(-c3ccc4cc(-c5cnc(P[C-]=O)[nH]5)ccc4c3)cc2)[nH]1.[V+2].[V+2]. The molecule has 222 valence electrons. The molecule has 5 rings (SSSR count). The number of nitrogens with one attached hydrogen (secondary N) is 4. The van der Waals surface area contributed by atoms with Crippen LogP contribution in [0.2, 0.25) is 0 Å². The van der Waals surface area contributed by atoms with Gasteiger partial charge in [-0.1, -0.05) is 48.5 Å². The fourth-order valence-electron chi connectivity index (χ4n) is 3.59. The van der Waals surface area contributed by atoms with Gasteiger partial charge < -0.3 is 40.5 Å². The fraction of sp³-hybridized carbons (Fsp3) is 0.0714. The van der Waals surface area contributed by atoms with Crippen molar-refractivity contribution >= 4 is 63.3 Å². The molecule has 0 saturated carbocycles. The molecular weight excluding hydrogens is 680 g/mol. The zero-order valence-corrected chi connectivity index (χ0v) is 28.0. The Bertz CT molecular complexity index is 1670. The molecule has 16 heteroatoms. The number of benzene rings is 3. The Morgan fingerprint density at radius 1 is 0.659 bits per heavy atom. The molecule has 2 atom stereocenters. The van der Waals surface area contributed by atoms with E-state index < -0.39 is 12.2 Å². The van der Waals surface area contributed by atoms with Crippen LogP contribution in [0.3, 0.4) is 0 Å². The summed E-state index contributed by atoms with van der Waals surface area (Å²) in [6.07, 6.45) is 1.49. The van der Waals surface area contributed by atoms with Crippen molar-refractivity contribution in [2.45, 2.75) is 0 Å². The number of H-pyrrole nitrogens is 2. The zero-order chi connectivity index (χ0) is 30.5. The van der Waals surface area contributed by atoms with Crippen molar-refractivity contribution in [3.05, 3.63) is 84.5 Å². The Morgan fingerprint density at radius 2 is 1.02 bits per heavy atom. The molecule has 0 bridgehead atoms. The summed E-state index contributed by atoms with van der Waals surface area (Å²) in [6.45, 7) is 0. The fourth-order valence-corrected chi connectivity index (χ4v) is 4.44. The average molecular weight is 704 g/mol. The molecule has 12 nitrogen and oxygen atoms in total. The maximum Gasteiger partial charge on any atom is 2.00 e. The maximum absolute atomic E-state index is 10.6. The van der Waals surface area contributed by atoms with E-state index >= 15 is 0 Å². The first kappa shape index (κ1) is 38.3. The van der Waals surface area contributed by atoms with Crippen molar-refractivity contribution in [1.82, 2.24) is 19.9 Å². The smallest absolute Gasteiger partial charge is 0.632 e. The van der Waals surface area contributed by atoms with Crippen molar-refractivity contribution < 1.29 is 65.8 Å². The zero-order valence-electron chi connectivity index (χ0n) is 23.2. The van der Waals surface area contributed by atoms with E-state index in [4.69, 9.17) is 11.5 Å². The van der Waals surface area contributed by atoms with Crippen molar-refractivity contribution in [3.63, 3.8) is 0 Å². The van der Waals surface area contributed by atoms with Crippen LogP contribution in [0.1, 0.15) is 0 Å². The molecule has 2 radical (unpaired) electrons. The number of fused-ring (bicyclic) bond motifs is 1. The number of imidazole rings is 2. The van der Waals surface area contributed by atoms with E-state index in [1.165, 1.54) is 0 Å². The van der Waals surface area contributed by atoms with Gasteiger partial charge in [0.1, 0.15) is 0 Å². The van der Waals surface area contributed by atoms with Gasteiger partial charge in [-0.15, -0.1) is 0 Å². The van der Waals surface area contributed by atoms with Crippen molar-refractivity contribution in [2.75, 3.05) is 14.2 Å². The van der Waals surface area contributed by atoms with Gasteiger partial charge in [-0.05, 0) is 39.6 Å². The quantitative estimate of drug-likeness (QED) is 0.161. The summed E-state index contributed by atoms with van der Waals surface area (Å²) >= 11 is 0. The van der Waals surface area contributed by atoms with E-state index in [1.807, 2.05) is 30.3 Å². The van der Waals surface area contributed by atoms with E-state index in [0.717, 1.165) is 58.6 Å². The molecule has 0 saturated heterocycles. The molecule has 2 unspecified atom stereocenters. The maximum atomic E-state index is 10.6. The van der Waals surface area contributed by atoms with Crippen LogP contribution in [0.4, 0.5) is 9.59 Å². The number of methoxy groups -OCH3 is 2. The Balaban J connectivity index is 0.000000705. The van der Waals surface area contributed by atoms with Gasteiger partial charge in [0.15, 0.2) is 0 Å². The summed E-state index contributed by atoms with van der Waals surface area (Å²) in [6, 6.07) is 24.6. The molecule has 4 N–H and O–H groups in total. The van der Waals surface area contributed by atoms with E-state index in [2.05, 4.69) is 71.9 Å². The first-order valence-corrected chi connectivity index (χ1v) is 13.9. The van der Waals surface area contributed by atoms with Gasteiger partial charge in [0.05, 0.1) is 49.1 Å². The number of hydrogen-bond acceptors (Lipinski definition) is 8. The van der Waals surface area contributed by atoms with E-state index in [-0.39, 0.29) is 54.3 Å². The first-order valence-electron chi connectivity index (χ1n) is 11.9. The van der Waals surface area contributed by atoms with Crippen LogP contribution in [0, 0.1) is 0 Å². The van der Waals surface area contributed by atoms with Crippen LogP contribution in [-0.2, 0) is 56.2 Å². The van der Waals surface area contributed by atoms with Crippen LogP contribution < -0.4 is 11.1 Å². The number of carbonyl (C=O) groups is 2. The van der Waals surface area contributed by atoms with Crippen molar-refractivity contribution in [1.29, 1.82) is 0 Å². The summed E-state index contributed by atoms with van der Waals surface area (Å²) in [5.41, 5.74) is 19.3. The molecule has 0 fully saturated rings. The number of aromatic amines is 2. The molecule has 2 amide bonds. The standard InChI is InChI=1S/C24H16N4O2P2.2C2H5NO2.2V/c29-13-31-23-25-11-21(27-23)16-3-1-15(2-4-16)17-5-6-19-10-20(8-7-18(19)9-17)22-12-26-24(28-22)32-14-30;2*1-5-2(3)4;;/h1-12,31-32H,(H,25,27)(H,26,28);2*1H3,(H2,3,4);;/q-2;;;2*+2/p-2. The Kier molecular flexibility index (Phi) is 17.0. The molecule has 5 aromatic rings. The minimum atomic E-state index is -0.995. The second-order valence-corrected chi connectivity index (χ2v) is 9.94. The summed E-state index contributed by atoms with van der Waals surface area (Å²) < 4.78 is 7.56. The van der Waals surface area contributed by atoms with Crippen LogP contribution in [-0.4, -0.2) is 58.4 Å². The monoisotopic (exact) mass is 704 g/mol. The number of aromatic nitrogens is 4. The summed E-state index contributed by atoms with van der Waals surface area (Å²) in [5.74, 6) is 0. The molecule has 0 aliphatic carbocycles. The van der Waals surface area contributed by atoms with Gasteiger partial charge in [0, 0.05) is 5.56 Å². The van der Waals surface area contributed by atoms with Crippen LogP contribution in [0.25, 0.3) is 55.9 Å². The predicted molar refractivity (Wildman–Crippen MR) is 165 cm³/mol. The van der Waals surface area contributed by atoms with E-state index in [1.54, 1.807) is 12.4 Å². The molecule has 0 spiro atoms. The molecule has 2 heterocycles. The largest absolute Gasteiger partial charge is 2.00 e. The number of hydrogen-bond donors (Lipinski definition) is 2. The number of carbonyl (C=O) groups excluding carboxylic acids is 4. The number of rotatable bonds is 7. The van der Waals surface area contributed by atoms with E-state index in [9.17, 15) is 19.2 Å². The van der Waals surface area contributed by atoms with E-state index in [0.29, 0.717) is 11.1 Å². The average Bonchev–Trinajstić information content (AvgIpc) is 3.68. The predicted octanol–water partition coefficient (Wildman–Crippen LogP) is 5.63. The van der Waals surface area contributed by atoms with Gasteiger partial charge in [-0.25, -0.2) is 22.0 Å². The van der Waals surface area contributed by atoms with Crippen LogP contribution in [0.5, 0.6) is 0 Å². The van der Waals surface area contributed by atoms with Crippen LogP contribution >= 0.6 is 17.2 Å². The molecule has 44 heavy (non-hydrogen) atoms. The summed E-state index contributed by atoms with van der Waals surface area (Å²) in [5, 5.41) is 2.27. The third kappa shape index (κ3) is 11.4. The first-order chi connectivity index (χ1) is 20.3. The normalized spacial score (nSPS) is 10.0. The van der Waals surface area contributed by atoms with Crippen molar-refractivity contribution in [3.8, 4) is 33.6 Å². The Labute approximate surface area is 280 Å². The van der Waals surface area contributed by atoms with Gasteiger partial charge in [0.25, 0.3) is 0 Å². The van der Waals surface area contributed by atoms with Gasteiger partial charge >= 0.3 is 37.1 Å². The third-order valence-electron chi connectivity index (χ3n) is 5.54. The summed E-state index contributed by atoms with van der Waals surface area (Å²) in [4.78, 5) is 54.4. The number of amides is 2. The minimum absolute atomic E-state index is 0. The molecule has 0 aliphatic rings. The molecule has 2 aromatic heterocycles. The Hall–Kier alpha value is -3.75. The number of ether oxygens (including phenoxy) is 2. The molecular formula is C28H24N6O6P2V2. The topological polar surface area (TPSA) is 192 Å². The minimum Gasteiger partial charge on any atom is -0.632 e. The van der Waals surface area contributed by atoms with Crippen molar-refractivity contribution in [2.24, 2.45) is 0 Å². The number of nitrogens with zero attached hydrogens (tertiary/aromatic N) is 2. The molecule has 3 aromatic carbocycles. The molecule has 0 aliphatic heterocycles. The van der Waals surface area contributed by atoms with Gasteiger partial charge in [-0.3, -0.25) is 9.59 Å². The Morgan fingerprint density at radius 3 is 1.45 bits per heavy atom. The second kappa shape index (κ2) is 19.5. The third-order valence-corrected chi connectivity index (χ3v) is 6.73. The van der Waals surface area contributed by atoms with Crippen LogP contribution in [0.15, 0.2) is 73.1 Å². The summed E-state index contributed by atoms with van der Waals surface area (Å²) in [7, 11) is 2.15.